The highest BCUT2D eigenvalue weighted by molar-refractivity contribution is 6.01. The van der Waals surface area contributed by atoms with Crippen LogP contribution in [-0.4, -0.2) is 11.7 Å². The minimum atomic E-state index is -3.39. The van der Waals surface area contributed by atoms with Gasteiger partial charge in [0.05, 0.1) is 0 Å². The van der Waals surface area contributed by atoms with Gasteiger partial charge in [-0.25, -0.2) is 0 Å². The summed E-state index contributed by atoms with van der Waals surface area (Å²) in [5, 5.41) is 0.644. The van der Waals surface area contributed by atoms with Gasteiger partial charge >= 0.3 is 5.92 Å². The fourth-order valence-corrected chi connectivity index (χ4v) is 1.31. The maximum absolute atomic E-state index is 12.7. The van der Waals surface area contributed by atoms with E-state index in [0.717, 1.165) is 0 Å². The number of ketones is 1. The fraction of sp³-hybridized carbons (Fsp3) is 0.182. The molecular weight excluding hydrogens is 202 g/mol. The average Bonchev–Trinajstić information content (AvgIpc) is 2.58. The van der Waals surface area contributed by atoms with Crippen molar-refractivity contribution < 1.29 is 18.0 Å². The number of carbonyl (C=O) groups excluding carboxylic acids is 1. The van der Waals surface area contributed by atoms with Gasteiger partial charge in [-0.3, -0.25) is 4.79 Å². The zero-order chi connectivity index (χ0) is 11.1. The van der Waals surface area contributed by atoms with Crippen LogP contribution in [-0.2, 0) is 0 Å². The summed E-state index contributed by atoms with van der Waals surface area (Å²) in [4.78, 5) is 11.2. The quantitative estimate of drug-likeness (QED) is 0.712. The molecule has 0 fully saturated rings. The van der Waals surface area contributed by atoms with Crippen molar-refractivity contribution in [2.45, 2.75) is 12.8 Å². The first-order valence-electron chi connectivity index (χ1n) is 4.40. The predicted molar refractivity (Wildman–Crippen MR) is 51.2 cm³/mol. The lowest BCUT2D eigenvalue weighted by Gasteiger charge is -2.04. The molecule has 0 amide bonds. The van der Waals surface area contributed by atoms with E-state index in [0.29, 0.717) is 17.9 Å². The number of furan rings is 1. The van der Waals surface area contributed by atoms with Gasteiger partial charge in [0.15, 0.2) is 5.76 Å². The molecule has 0 saturated carbocycles. The summed E-state index contributed by atoms with van der Waals surface area (Å²) >= 11 is 0. The molecule has 0 bridgehead atoms. The van der Waals surface area contributed by atoms with Crippen LogP contribution in [0.4, 0.5) is 8.78 Å². The van der Waals surface area contributed by atoms with Crippen LogP contribution in [0.2, 0.25) is 0 Å². The molecule has 0 radical (unpaired) electrons. The molecule has 0 saturated heterocycles. The van der Waals surface area contributed by atoms with Crippen molar-refractivity contribution in [2.24, 2.45) is 0 Å². The summed E-state index contributed by atoms with van der Waals surface area (Å²) in [5.74, 6) is -4.99. The van der Waals surface area contributed by atoms with Crippen molar-refractivity contribution in [3.8, 4) is 0 Å². The molecule has 0 N–H and O–H groups in total. The number of carbonyl (C=O) groups is 1. The van der Waals surface area contributed by atoms with E-state index >= 15 is 0 Å². The SMILES string of the molecule is CC(F)(F)C(=O)c1cc2ccccc2o1. The minimum Gasteiger partial charge on any atom is -0.453 e. The Morgan fingerprint density at radius 3 is 2.60 bits per heavy atom. The second-order valence-electron chi connectivity index (χ2n) is 3.37. The van der Waals surface area contributed by atoms with Gasteiger partial charge in [-0.1, -0.05) is 18.2 Å². The molecule has 0 aliphatic rings. The topological polar surface area (TPSA) is 30.2 Å². The number of halogens is 2. The summed E-state index contributed by atoms with van der Waals surface area (Å²) < 4.78 is 30.5. The van der Waals surface area contributed by atoms with Crippen LogP contribution < -0.4 is 0 Å². The van der Waals surface area contributed by atoms with Gasteiger partial charge in [0.1, 0.15) is 5.58 Å². The van der Waals surface area contributed by atoms with Crippen LogP contribution in [0.3, 0.4) is 0 Å². The smallest absolute Gasteiger partial charge is 0.310 e. The maximum atomic E-state index is 12.7. The lowest BCUT2D eigenvalue weighted by atomic mass is 10.2. The second-order valence-corrected chi connectivity index (χ2v) is 3.37. The largest absolute Gasteiger partial charge is 0.453 e. The number of alkyl halides is 2. The summed E-state index contributed by atoms with van der Waals surface area (Å²) in [6.45, 7) is 0.558. The molecule has 0 aliphatic carbocycles. The van der Waals surface area contributed by atoms with Gasteiger partial charge in [0, 0.05) is 12.3 Å². The van der Waals surface area contributed by atoms with Crippen molar-refractivity contribution in [2.75, 3.05) is 0 Å². The molecule has 0 spiro atoms. The maximum Gasteiger partial charge on any atom is 0.310 e. The third kappa shape index (κ3) is 1.75. The zero-order valence-electron chi connectivity index (χ0n) is 7.96. The van der Waals surface area contributed by atoms with Gasteiger partial charge in [0.25, 0.3) is 5.78 Å². The van der Waals surface area contributed by atoms with Crippen LogP contribution in [0.1, 0.15) is 17.5 Å². The summed E-state index contributed by atoms with van der Waals surface area (Å²) in [6.07, 6.45) is 0. The lowest BCUT2D eigenvalue weighted by molar-refractivity contribution is 0.0197. The highest BCUT2D eigenvalue weighted by Gasteiger charge is 2.35. The number of rotatable bonds is 2. The molecule has 1 heterocycles. The van der Waals surface area contributed by atoms with Crippen molar-refractivity contribution in [3.05, 3.63) is 36.1 Å². The van der Waals surface area contributed by atoms with E-state index in [9.17, 15) is 13.6 Å². The van der Waals surface area contributed by atoms with Gasteiger partial charge in [-0.2, -0.15) is 8.78 Å². The number of para-hydroxylation sites is 1. The molecule has 15 heavy (non-hydrogen) atoms. The van der Waals surface area contributed by atoms with Gasteiger partial charge in [-0.15, -0.1) is 0 Å². The Bertz CT molecular complexity index is 476. The van der Waals surface area contributed by atoms with E-state index < -0.39 is 11.7 Å². The Kier molecular flexibility index (Phi) is 2.07. The van der Waals surface area contributed by atoms with Crippen LogP contribution >= 0.6 is 0 Å². The van der Waals surface area contributed by atoms with Crippen LogP contribution in [0.5, 0.6) is 0 Å². The number of hydrogen-bond acceptors (Lipinski definition) is 2. The first-order chi connectivity index (χ1) is 6.98. The van der Waals surface area contributed by atoms with E-state index in [-0.39, 0.29) is 5.76 Å². The Morgan fingerprint density at radius 2 is 2.00 bits per heavy atom. The van der Waals surface area contributed by atoms with E-state index in [1.54, 1.807) is 24.3 Å². The van der Waals surface area contributed by atoms with Crippen molar-refractivity contribution >= 4 is 16.8 Å². The molecule has 2 nitrogen and oxygen atoms in total. The molecule has 2 aromatic rings. The van der Waals surface area contributed by atoms with E-state index in [1.807, 2.05) is 0 Å². The minimum absolute atomic E-state index is 0.302. The first kappa shape index (κ1) is 9.83. The zero-order valence-corrected chi connectivity index (χ0v) is 7.96. The Hall–Kier alpha value is -1.71. The monoisotopic (exact) mass is 210 g/mol. The van der Waals surface area contributed by atoms with Gasteiger partial charge in [0.2, 0.25) is 0 Å². The molecule has 2 rings (SSSR count). The highest BCUT2D eigenvalue weighted by atomic mass is 19.3. The van der Waals surface area contributed by atoms with E-state index in [2.05, 4.69) is 0 Å². The number of hydrogen-bond donors (Lipinski definition) is 0. The summed E-state index contributed by atoms with van der Waals surface area (Å²) in [5.41, 5.74) is 0.435. The number of benzene rings is 1. The molecule has 0 unspecified atom stereocenters. The Labute approximate surface area is 84.5 Å². The second kappa shape index (κ2) is 3.15. The summed E-state index contributed by atoms with van der Waals surface area (Å²) in [6, 6.07) is 8.11. The predicted octanol–water partition coefficient (Wildman–Crippen LogP) is 3.27. The molecule has 1 aromatic heterocycles. The standard InChI is InChI=1S/C11H8F2O2/c1-11(12,13)10(14)9-6-7-4-2-3-5-8(7)15-9/h2-6H,1H3. The van der Waals surface area contributed by atoms with Crippen LogP contribution in [0.25, 0.3) is 11.0 Å². The molecular formula is C11H8F2O2. The van der Waals surface area contributed by atoms with Crippen LogP contribution in [0, 0.1) is 0 Å². The molecule has 0 aliphatic heterocycles. The molecule has 1 aromatic carbocycles. The van der Waals surface area contributed by atoms with E-state index in [1.165, 1.54) is 6.07 Å². The Balaban J connectivity index is 2.50. The van der Waals surface area contributed by atoms with Crippen molar-refractivity contribution in [3.63, 3.8) is 0 Å². The van der Waals surface area contributed by atoms with Gasteiger partial charge in [-0.05, 0) is 12.1 Å². The molecule has 4 heteroatoms. The lowest BCUT2D eigenvalue weighted by Crippen LogP contribution is -2.23. The number of Topliss-reactive ketones (excluding diaryl/α,β-unsaturated/α-hetero) is 1. The van der Waals surface area contributed by atoms with Crippen molar-refractivity contribution in [1.82, 2.24) is 0 Å². The first-order valence-corrected chi connectivity index (χ1v) is 4.40. The van der Waals surface area contributed by atoms with Gasteiger partial charge < -0.3 is 4.42 Å². The third-order valence-corrected chi connectivity index (χ3v) is 2.05. The van der Waals surface area contributed by atoms with Crippen molar-refractivity contribution in [1.29, 1.82) is 0 Å². The average molecular weight is 210 g/mol. The fourth-order valence-electron chi connectivity index (χ4n) is 1.31. The molecule has 78 valence electrons. The number of fused-ring (bicyclic) bond motifs is 1. The summed E-state index contributed by atoms with van der Waals surface area (Å²) in [7, 11) is 0. The third-order valence-electron chi connectivity index (χ3n) is 2.05. The normalized spacial score (nSPS) is 11.9. The Morgan fingerprint density at radius 1 is 1.33 bits per heavy atom. The highest BCUT2D eigenvalue weighted by Crippen LogP contribution is 2.24. The molecule has 0 atom stereocenters. The van der Waals surface area contributed by atoms with Crippen LogP contribution in [0.15, 0.2) is 34.7 Å². The van der Waals surface area contributed by atoms with E-state index in [4.69, 9.17) is 4.42 Å².